The SMILES string of the molecule is Cc1cnc([C@@H]2CCCN(C(=O)c3cccc4c3OCCO4)C2)[nH]1. The van der Waals surface area contributed by atoms with E-state index in [0.29, 0.717) is 36.8 Å². The maximum absolute atomic E-state index is 13.0. The Morgan fingerprint density at radius 2 is 2.21 bits per heavy atom. The molecule has 0 spiro atoms. The Morgan fingerprint density at radius 1 is 1.33 bits per heavy atom. The van der Waals surface area contributed by atoms with Crippen molar-refractivity contribution in [3.8, 4) is 11.5 Å². The van der Waals surface area contributed by atoms with E-state index in [2.05, 4.69) is 9.97 Å². The quantitative estimate of drug-likeness (QED) is 0.920. The van der Waals surface area contributed by atoms with E-state index in [1.165, 1.54) is 0 Å². The predicted octanol–water partition coefficient (Wildman–Crippen LogP) is 2.51. The first-order valence-electron chi connectivity index (χ1n) is 8.42. The number of aromatic amines is 1. The number of nitrogens with zero attached hydrogens (tertiary/aromatic N) is 2. The molecule has 1 aromatic heterocycles. The van der Waals surface area contributed by atoms with E-state index in [1.807, 2.05) is 36.2 Å². The molecule has 126 valence electrons. The molecule has 1 atom stereocenters. The lowest BCUT2D eigenvalue weighted by molar-refractivity contribution is 0.0694. The van der Waals surface area contributed by atoms with Crippen LogP contribution in [0.5, 0.6) is 11.5 Å². The number of hydrogen-bond acceptors (Lipinski definition) is 4. The fraction of sp³-hybridized carbons (Fsp3) is 0.444. The minimum atomic E-state index is 0.00493. The Kier molecular flexibility index (Phi) is 3.88. The molecule has 1 fully saturated rings. The average molecular weight is 327 g/mol. The predicted molar refractivity (Wildman–Crippen MR) is 88.6 cm³/mol. The monoisotopic (exact) mass is 327 g/mol. The zero-order chi connectivity index (χ0) is 16.5. The van der Waals surface area contributed by atoms with Crippen LogP contribution in [-0.4, -0.2) is 47.1 Å². The van der Waals surface area contributed by atoms with Crippen molar-refractivity contribution in [1.29, 1.82) is 0 Å². The summed E-state index contributed by atoms with van der Waals surface area (Å²) in [6.45, 7) is 4.44. The molecule has 4 rings (SSSR count). The third-order valence-electron chi connectivity index (χ3n) is 4.61. The van der Waals surface area contributed by atoms with Crippen LogP contribution in [0.15, 0.2) is 24.4 Å². The number of likely N-dealkylation sites (tertiary alicyclic amines) is 1. The molecule has 24 heavy (non-hydrogen) atoms. The molecule has 0 bridgehead atoms. The van der Waals surface area contributed by atoms with Crippen molar-refractivity contribution in [3.05, 3.63) is 41.5 Å². The van der Waals surface area contributed by atoms with Gasteiger partial charge in [0, 0.05) is 30.9 Å². The molecule has 3 heterocycles. The Hall–Kier alpha value is -2.50. The van der Waals surface area contributed by atoms with Crippen molar-refractivity contribution in [1.82, 2.24) is 14.9 Å². The third-order valence-corrected chi connectivity index (χ3v) is 4.61. The van der Waals surface area contributed by atoms with Crippen LogP contribution < -0.4 is 9.47 Å². The number of ether oxygens (including phenoxy) is 2. The number of nitrogens with one attached hydrogen (secondary N) is 1. The minimum Gasteiger partial charge on any atom is -0.486 e. The topological polar surface area (TPSA) is 67.5 Å². The van der Waals surface area contributed by atoms with Gasteiger partial charge >= 0.3 is 0 Å². The van der Waals surface area contributed by atoms with E-state index in [-0.39, 0.29) is 11.8 Å². The summed E-state index contributed by atoms with van der Waals surface area (Å²) in [6, 6.07) is 5.50. The molecule has 1 aromatic carbocycles. The van der Waals surface area contributed by atoms with E-state index >= 15 is 0 Å². The number of amides is 1. The number of imidazole rings is 1. The zero-order valence-electron chi connectivity index (χ0n) is 13.7. The maximum atomic E-state index is 13.0. The molecule has 0 saturated carbocycles. The first-order chi connectivity index (χ1) is 11.7. The number of rotatable bonds is 2. The number of piperidine rings is 1. The van der Waals surface area contributed by atoms with Crippen molar-refractivity contribution in [2.24, 2.45) is 0 Å². The normalized spacial score (nSPS) is 20.0. The van der Waals surface area contributed by atoms with E-state index in [9.17, 15) is 4.79 Å². The second-order valence-electron chi connectivity index (χ2n) is 6.37. The second-order valence-corrected chi connectivity index (χ2v) is 6.37. The first kappa shape index (κ1) is 15.1. The van der Waals surface area contributed by atoms with Crippen molar-refractivity contribution in [3.63, 3.8) is 0 Å². The van der Waals surface area contributed by atoms with Gasteiger partial charge in [-0.05, 0) is 31.9 Å². The highest BCUT2D eigenvalue weighted by Crippen LogP contribution is 2.35. The highest BCUT2D eigenvalue weighted by Gasteiger charge is 2.30. The molecule has 1 amide bonds. The van der Waals surface area contributed by atoms with Gasteiger partial charge in [-0.1, -0.05) is 6.07 Å². The molecule has 0 unspecified atom stereocenters. The summed E-state index contributed by atoms with van der Waals surface area (Å²) in [5.74, 6) is 2.46. The number of aryl methyl sites for hydroxylation is 1. The first-order valence-corrected chi connectivity index (χ1v) is 8.42. The third kappa shape index (κ3) is 2.72. The summed E-state index contributed by atoms with van der Waals surface area (Å²) in [4.78, 5) is 22.7. The largest absolute Gasteiger partial charge is 0.486 e. The number of carbonyl (C=O) groups is 1. The fourth-order valence-corrected chi connectivity index (χ4v) is 3.44. The van der Waals surface area contributed by atoms with Gasteiger partial charge in [0.25, 0.3) is 5.91 Å². The van der Waals surface area contributed by atoms with Gasteiger partial charge in [0.1, 0.15) is 19.0 Å². The van der Waals surface area contributed by atoms with Crippen molar-refractivity contribution < 1.29 is 14.3 Å². The summed E-state index contributed by atoms with van der Waals surface area (Å²) >= 11 is 0. The zero-order valence-corrected chi connectivity index (χ0v) is 13.7. The summed E-state index contributed by atoms with van der Waals surface area (Å²) in [7, 11) is 0. The molecular formula is C18H21N3O3. The Bertz CT molecular complexity index is 756. The number of benzene rings is 1. The number of fused-ring (bicyclic) bond motifs is 1. The highest BCUT2D eigenvalue weighted by molar-refractivity contribution is 5.98. The Morgan fingerprint density at radius 3 is 3.04 bits per heavy atom. The molecule has 1 saturated heterocycles. The molecular weight excluding hydrogens is 306 g/mol. The van der Waals surface area contributed by atoms with Crippen LogP contribution >= 0.6 is 0 Å². The number of H-pyrrole nitrogens is 1. The van der Waals surface area contributed by atoms with Gasteiger partial charge in [0.15, 0.2) is 11.5 Å². The van der Waals surface area contributed by atoms with Gasteiger partial charge in [-0.15, -0.1) is 0 Å². The van der Waals surface area contributed by atoms with Gasteiger partial charge in [-0.25, -0.2) is 4.98 Å². The fourth-order valence-electron chi connectivity index (χ4n) is 3.44. The van der Waals surface area contributed by atoms with Gasteiger partial charge < -0.3 is 19.4 Å². The summed E-state index contributed by atoms with van der Waals surface area (Å²) in [5, 5.41) is 0. The number of para-hydroxylation sites is 1. The van der Waals surface area contributed by atoms with E-state index in [1.54, 1.807) is 0 Å². The van der Waals surface area contributed by atoms with Gasteiger partial charge in [0.2, 0.25) is 0 Å². The van der Waals surface area contributed by atoms with Gasteiger partial charge in [0.05, 0.1) is 5.56 Å². The lowest BCUT2D eigenvalue weighted by atomic mass is 9.96. The molecule has 0 radical (unpaired) electrons. The molecule has 6 heteroatoms. The molecule has 2 aliphatic heterocycles. The summed E-state index contributed by atoms with van der Waals surface area (Å²) in [6.07, 6.45) is 3.86. The number of carbonyl (C=O) groups excluding carboxylic acids is 1. The van der Waals surface area contributed by atoms with Crippen LogP contribution in [0.3, 0.4) is 0 Å². The second kappa shape index (κ2) is 6.19. The average Bonchev–Trinajstić information content (AvgIpc) is 3.07. The van der Waals surface area contributed by atoms with Gasteiger partial charge in [-0.2, -0.15) is 0 Å². The molecule has 0 aliphatic carbocycles. The van der Waals surface area contributed by atoms with Crippen LogP contribution in [0.2, 0.25) is 0 Å². The highest BCUT2D eigenvalue weighted by atomic mass is 16.6. The Balaban J connectivity index is 1.56. The van der Waals surface area contributed by atoms with Crippen molar-refractivity contribution in [2.45, 2.75) is 25.7 Å². The van der Waals surface area contributed by atoms with Crippen LogP contribution in [0.25, 0.3) is 0 Å². The van der Waals surface area contributed by atoms with Gasteiger partial charge in [-0.3, -0.25) is 4.79 Å². The number of aromatic nitrogens is 2. The summed E-state index contributed by atoms with van der Waals surface area (Å²) < 4.78 is 11.3. The van der Waals surface area contributed by atoms with E-state index < -0.39 is 0 Å². The van der Waals surface area contributed by atoms with E-state index in [0.717, 1.165) is 30.9 Å². The van der Waals surface area contributed by atoms with Crippen molar-refractivity contribution >= 4 is 5.91 Å². The smallest absolute Gasteiger partial charge is 0.257 e. The van der Waals surface area contributed by atoms with Crippen LogP contribution in [-0.2, 0) is 0 Å². The standard InChI is InChI=1S/C18H21N3O3/c1-12-10-19-17(20-12)13-4-3-7-21(11-13)18(22)14-5-2-6-15-16(14)24-9-8-23-15/h2,5-6,10,13H,3-4,7-9,11H2,1H3,(H,19,20)/t13-/m1/s1. The van der Waals surface area contributed by atoms with Crippen molar-refractivity contribution in [2.75, 3.05) is 26.3 Å². The molecule has 6 nitrogen and oxygen atoms in total. The lowest BCUT2D eigenvalue weighted by Crippen LogP contribution is -2.39. The van der Waals surface area contributed by atoms with Crippen LogP contribution in [0.4, 0.5) is 0 Å². The van der Waals surface area contributed by atoms with Crippen LogP contribution in [0.1, 0.15) is 40.6 Å². The molecule has 2 aromatic rings. The molecule has 1 N–H and O–H groups in total. The number of hydrogen-bond donors (Lipinski definition) is 1. The van der Waals surface area contributed by atoms with Crippen LogP contribution in [0, 0.1) is 6.92 Å². The van der Waals surface area contributed by atoms with E-state index in [4.69, 9.17) is 9.47 Å². The maximum Gasteiger partial charge on any atom is 0.257 e. The molecule has 2 aliphatic rings. The lowest BCUT2D eigenvalue weighted by Gasteiger charge is -2.32. The minimum absolute atomic E-state index is 0.00493. The summed E-state index contributed by atoms with van der Waals surface area (Å²) in [5.41, 5.74) is 1.64. The Labute approximate surface area is 140 Å².